The lowest BCUT2D eigenvalue weighted by Gasteiger charge is -2.30. The Labute approximate surface area is 111 Å². The molecule has 0 bridgehead atoms. The van der Waals surface area contributed by atoms with Crippen LogP contribution in [0.3, 0.4) is 0 Å². The molecule has 0 saturated carbocycles. The maximum atomic E-state index is 5.91. The summed E-state index contributed by atoms with van der Waals surface area (Å²) in [6.07, 6.45) is 2.27. The van der Waals surface area contributed by atoms with E-state index >= 15 is 0 Å². The Morgan fingerprint density at radius 1 is 1.24 bits per heavy atom. The lowest BCUT2D eigenvalue weighted by molar-refractivity contribution is 0.281. The van der Waals surface area contributed by atoms with Crippen LogP contribution in [0.25, 0.3) is 0 Å². The Balaban J connectivity index is 2.64. The van der Waals surface area contributed by atoms with Crippen LogP contribution in [0.4, 0.5) is 0 Å². The number of hydrogen-bond donors (Lipinski definition) is 1. The average Bonchev–Trinajstić information content (AvgIpc) is 2.30. The first kappa shape index (κ1) is 14.5. The summed E-state index contributed by atoms with van der Waals surface area (Å²) in [5.41, 5.74) is 1.68. The molecule has 0 aliphatic heterocycles. The van der Waals surface area contributed by atoms with Crippen LogP contribution in [0, 0.1) is 5.41 Å². The normalized spacial score (nSPS) is 14.9. The van der Waals surface area contributed by atoms with Crippen LogP contribution in [0.15, 0.2) is 24.3 Å². The predicted molar refractivity (Wildman–Crippen MR) is 76.7 cm³/mol. The van der Waals surface area contributed by atoms with E-state index in [1.54, 1.807) is 0 Å². The topological polar surface area (TPSA) is 12.0 Å². The molecule has 1 atom stereocenters. The molecule has 0 aromatic heterocycles. The summed E-state index contributed by atoms with van der Waals surface area (Å²) in [7, 11) is 0. The highest BCUT2D eigenvalue weighted by Gasteiger charge is 2.22. The summed E-state index contributed by atoms with van der Waals surface area (Å²) >= 11 is 5.91. The lowest BCUT2D eigenvalue weighted by atomic mass is 9.81. The summed E-state index contributed by atoms with van der Waals surface area (Å²) in [6, 6.07) is 8.76. The Morgan fingerprint density at radius 2 is 1.82 bits per heavy atom. The largest absolute Gasteiger partial charge is 0.314 e. The number of hydrogen-bond acceptors (Lipinski definition) is 1. The van der Waals surface area contributed by atoms with Crippen molar-refractivity contribution in [2.75, 3.05) is 6.54 Å². The van der Waals surface area contributed by atoms with Crippen molar-refractivity contribution in [1.82, 2.24) is 5.32 Å². The molecule has 1 rings (SSSR count). The van der Waals surface area contributed by atoms with Crippen molar-refractivity contribution in [3.05, 3.63) is 34.9 Å². The Hall–Kier alpha value is -0.530. The van der Waals surface area contributed by atoms with Crippen molar-refractivity contribution >= 4 is 11.6 Å². The summed E-state index contributed by atoms with van der Waals surface area (Å²) in [4.78, 5) is 0. The summed E-state index contributed by atoms with van der Waals surface area (Å²) in [5.74, 6) is 0. The number of halogens is 1. The molecule has 0 radical (unpaired) electrons. The second-order valence-corrected chi connectivity index (χ2v) is 5.94. The lowest BCUT2D eigenvalue weighted by Crippen LogP contribution is -2.36. The minimum absolute atomic E-state index is 0.318. The summed E-state index contributed by atoms with van der Waals surface area (Å²) in [6.45, 7) is 10.1. The van der Waals surface area contributed by atoms with Gasteiger partial charge in [0.2, 0.25) is 0 Å². The third-order valence-corrected chi connectivity index (χ3v) is 3.59. The van der Waals surface area contributed by atoms with Crippen molar-refractivity contribution in [1.29, 1.82) is 0 Å². The van der Waals surface area contributed by atoms with Crippen molar-refractivity contribution in [2.45, 2.75) is 46.6 Å². The first-order valence-electron chi connectivity index (χ1n) is 6.43. The quantitative estimate of drug-likeness (QED) is 0.797. The van der Waals surface area contributed by atoms with Crippen LogP contribution in [-0.4, -0.2) is 12.6 Å². The minimum Gasteiger partial charge on any atom is -0.314 e. The van der Waals surface area contributed by atoms with Crippen molar-refractivity contribution in [2.24, 2.45) is 5.41 Å². The van der Waals surface area contributed by atoms with E-state index in [1.807, 2.05) is 12.1 Å². The van der Waals surface area contributed by atoms with Crippen molar-refractivity contribution in [3.8, 4) is 0 Å². The molecule has 0 fully saturated rings. The van der Waals surface area contributed by atoms with Crippen LogP contribution in [0.5, 0.6) is 0 Å². The smallest absolute Gasteiger partial charge is 0.0406 e. The van der Waals surface area contributed by atoms with E-state index in [9.17, 15) is 0 Å². The standard InChI is InChI=1S/C15H24ClN/c1-5-15(4,11-17-12(2)3)10-13-6-8-14(16)9-7-13/h6-9,12,17H,5,10-11H2,1-4H3. The molecule has 0 aliphatic rings. The van der Waals surface area contributed by atoms with Crippen LogP contribution >= 0.6 is 11.6 Å². The van der Waals surface area contributed by atoms with Gasteiger partial charge in [0.1, 0.15) is 0 Å². The molecule has 0 amide bonds. The van der Waals surface area contributed by atoms with Gasteiger partial charge in [-0.1, -0.05) is 51.4 Å². The number of rotatable bonds is 6. The summed E-state index contributed by atoms with van der Waals surface area (Å²) in [5, 5.41) is 4.35. The molecule has 0 spiro atoms. The zero-order valence-corrected chi connectivity index (χ0v) is 12.1. The van der Waals surface area contributed by atoms with Crippen LogP contribution in [0.1, 0.15) is 39.7 Å². The molecule has 1 nitrogen and oxygen atoms in total. The first-order valence-corrected chi connectivity index (χ1v) is 6.81. The van der Waals surface area contributed by atoms with Crippen LogP contribution in [-0.2, 0) is 6.42 Å². The molecule has 0 aliphatic carbocycles. The number of nitrogens with one attached hydrogen (secondary N) is 1. The van der Waals surface area contributed by atoms with E-state index in [1.165, 1.54) is 12.0 Å². The van der Waals surface area contributed by atoms with Crippen molar-refractivity contribution < 1.29 is 0 Å². The maximum Gasteiger partial charge on any atom is 0.0406 e. The maximum absolute atomic E-state index is 5.91. The second-order valence-electron chi connectivity index (χ2n) is 5.50. The highest BCUT2D eigenvalue weighted by Crippen LogP contribution is 2.26. The van der Waals surface area contributed by atoms with Crippen molar-refractivity contribution in [3.63, 3.8) is 0 Å². The second kappa shape index (κ2) is 6.42. The Bertz CT molecular complexity index is 331. The van der Waals surface area contributed by atoms with Crippen LogP contribution in [0.2, 0.25) is 5.02 Å². The molecule has 2 heteroatoms. The fourth-order valence-corrected chi connectivity index (χ4v) is 1.98. The highest BCUT2D eigenvalue weighted by atomic mass is 35.5. The minimum atomic E-state index is 0.318. The van der Waals surface area contributed by atoms with Gasteiger partial charge in [-0.2, -0.15) is 0 Å². The molecule has 1 aromatic rings. The molecular formula is C15H24ClN. The zero-order valence-electron chi connectivity index (χ0n) is 11.4. The predicted octanol–water partition coefficient (Wildman–Crippen LogP) is 4.30. The van der Waals surface area contributed by atoms with Gasteiger partial charge in [-0.25, -0.2) is 0 Å². The van der Waals surface area contributed by atoms with Gasteiger partial charge >= 0.3 is 0 Å². The molecule has 0 heterocycles. The Morgan fingerprint density at radius 3 is 2.29 bits per heavy atom. The van der Waals surface area contributed by atoms with E-state index in [0.29, 0.717) is 11.5 Å². The highest BCUT2D eigenvalue weighted by molar-refractivity contribution is 6.30. The molecule has 1 N–H and O–H groups in total. The van der Waals surface area contributed by atoms with Gasteiger partial charge in [0, 0.05) is 17.6 Å². The van der Waals surface area contributed by atoms with Gasteiger partial charge in [0.15, 0.2) is 0 Å². The third kappa shape index (κ3) is 5.10. The molecule has 0 saturated heterocycles. The molecule has 1 unspecified atom stereocenters. The van der Waals surface area contributed by atoms with Gasteiger partial charge in [-0.3, -0.25) is 0 Å². The fourth-order valence-electron chi connectivity index (χ4n) is 1.86. The fraction of sp³-hybridized carbons (Fsp3) is 0.600. The van der Waals surface area contributed by atoms with E-state index in [0.717, 1.165) is 18.0 Å². The third-order valence-electron chi connectivity index (χ3n) is 3.33. The summed E-state index contributed by atoms with van der Waals surface area (Å²) < 4.78 is 0. The van der Waals surface area contributed by atoms with Gasteiger partial charge in [-0.05, 0) is 36.0 Å². The SMILES string of the molecule is CCC(C)(CNC(C)C)Cc1ccc(Cl)cc1. The van der Waals surface area contributed by atoms with Gasteiger partial charge in [0.25, 0.3) is 0 Å². The first-order chi connectivity index (χ1) is 7.95. The molecular weight excluding hydrogens is 230 g/mol. The van der Waals surface area contributed by atoms with E-state index < -0.39 is 0 Å². The molecule has 96 valence electrons. The van der Waals surface area contributed by atoms with Gasteiger partial charge in [-0.15, -0.1) is 0 Å². The molecule has 17 heavy (non-hydrogen) atoms. The van der Waals surface area contributed by atoms with Crippen LogP contribution < -0.4 is 5.32 Å². The zero-order chi connectivity index (χ0) is 12.9. The van der Waals surface area contributed by atoms with E-state index in [-0.39, 0.29) is 0 Å². The van der Waals surface area contributed by atoms with E-state index in [2.05, 4.69) is 45.1 Å². The average molecular weight is 254 g/mol. The Kier molecular flexibility index (Phi) is 5.48. The van der Waals surface area contributed by atoms with Gasteiger partial charge in [0.05, 0.1) is 0 Å². The molecule has 1 aromatic carbocycles. The van der Waals surface area contributed by atoms with E-state index in [4.69, 9.17) is 11.6 Å². The van der Waals surface area contributed by atoms with Gasteiger partial charge < -0.3 is 5.32 Å². The number of benzene rings is 1. The monoisotopic (exact) mass is 253 g/mol.